The lowest BCUT2D eigenvalue weighted by Gasteiger charge is -2.11. The maximum atomic E-state index is 10.5. The third kappa shape index (κ3) is 4.52. The highest BCUT2D eigenvalue weighted by molar-refractivity contribution is 9.13. The first kappa shape index (κ1) is 21.6. The second kappa shape index (κ2) is 9.24. The van der Waals surface area contributed by atoms with E-state index in [1.165, 1.54) is 5.56 Å². The van der Waals surface area contributed by atoms with E-state index in [0.29, 0.717) is 28.3 Å². The topological polar surface area (TPSA) is 67.9 Å². The molecule has 0 aliphatic heterocycles. The van der Waals surface area contributed by atoms with Crippen molar-refractivity contribution in [2.24, 2.45) is 4.99 Å². The maximum Gasteiger partial charge on any atom is 0.227 e. The fourth-order valence-corrected chi connectivity index (χ4v) is 3.97. The van der Waals surface area contributed by atoms with Gasteiger partial charge in [0.1, 0.15) is 5.52 Å². The molecule has 0 fully saturated rings. The molecule has 158 valence electrons. The Morgan fingerprint density at radius 1 is 1.10 bits per heavy atom. The largest absolute Gasteiger partial charge is 0.504 e. The summed E-state index contributed by atoms with van der Waals surface area (Å²) in [6, 6.07) is 15.4. The van der Waals surface area contributed by atoms with Crippen LogP contribution in [0.3, 0.4) is 0 Å². The monoisotopic (exact) mass is 542 g/mol. The third-order valence-electron chi connectivity index (χ3n) is 4.81. The normalized spacial score (nSPS) is 11.5. The number of aryl methyl sites for hydroxylation is 1. The molecular formula is C24H20Br2N2O3. The number of oxazole rings is 1. The molecule has 31 heavy (non-hydrogen) atoms. The first-order chi connectivity index (χ1) is 15.0. The van der Waals surface area contributed by atoms with Gasteiger partial charge in [0.05, 0.1) is 17.9 Å². The zero-order valence-corrected chi connectivity index (χ0v) is 20.2. The highest BCUT2D eigenvalue weighted by Gasteiger charge is 2.15. The molecule has 0 amide bonds. The van der Waals surface area contributed by atoms with E-state index in [1.807, 2.05) is 37.3 Å². The number of phenols is 1. The van der Waals surface area contributed by atoms with E-state index in [4.69, 9.17) is 9.15 Å². The van der Waals surface area contributed by atoms with Crippen molar-refractivity contribution >= 4 is 54.9 Å². The SMILES string of the molecule is CCOc1cc(Br)c(Br)c(C=Nc2ccc(-c3nc4cc(CC)ccc4o3)cc2)c1O. The number of phenolic OH excluding ortho intramolecular Hbond substituents is 1. The van der Waals surface area contributed by atoms with E-state index < -0.39 is 0 Å². The molecule has 1 heterocycles. The van der Waals surface area contributed by atoms with Gasteiger partial charge < -0.3 is 14.3 Å². The third-order valence-corrected chi connectivity index (χ3v) is 6.82. The molecule has 3 aromatic carbocycles. The minimum Gasteiger partial charge on any atom is -0.504 e. The highest BCUT2D eigenvalue weighted by Crippen LogP contribution is 2.40. The van der Waals surface area contributed by atoms with Crippen LogP contribution in [0.4, 0.5) is 5.69 Å². The molecule has 4 aromatic rings. The summed E-state index contributed by atoms with van der Waals surface area (Å²) in [7, 11) is 0. The van der Waals surface area contributed by atoms with E-state index >= 15 is 0 Å². The molecule has 0 atom stereocenters. The number of halogens is 2. The van der Waals surface area contributed by atoms with Gasteiger partial charge >= 0.3 is 0 Å². The molecular weight excluding hydrogens is 524 g/mol. The van der Waals surface area contributed by atoms with Crippen LogP contribution in [0.2, 0.25) is 0 Å². The van der Waals surface area contributed by atoms with Crippen LogP contribution < -0.4 is 4.74 Å². The Hall–Kier alpha value is -2.64. The standard InChI is InChI=1S/C24H20Br2N2O3/c1-3-14-5-10-20-19(11-14)28-24(31-20)15-6-8-16(9-7-15)27-13-17-22(26)18(25)12-21(23(17)29)30-4-2/h5-13,29H,3-4H2,1-2H3. The number of benzene rings is 3. The van der Waals surface area contributed by atoms with Crippen LogP contribution >= 0.6 is 31.9 Å². The van der Waals surface area contributed by atoms with Crippen LogP contribution in [0.1, 0.15) is 25.0 Å². The molecule has 0 bridgehead atoms. The molecule has 0 spiro atoms. The minimum absolute atomic E-state index is 0.0372. The fraction of sp³-hybridized carbons (Fsp3) is 0.167. The van der Waals surface area contributed by atoms with Gasteiger partial charge in [-0.2, -0.15) is 0 Å². The van der Waals surface area contributed by atoms with Gasteiger partial charge in [-0.1, -0.05) is 13.0 Å². The first-order valence-electron chi connectivity index (χ1n) is 9.87. The van der Waals surface area contributed by atoms with Gasteiger partial charge in [0, 0.05) is 20.7 Å². The number of hydrogen-bond acceptors (Lipinski definition) is 5. The summed E-state index contributed by atoms with van der Waals surface area (Å²) >= 11 is 6.95. The Bertz CT molecular complexity index is 1260. The average Bonchev–Trinajstić information content (AvgIpc) is 3.21. The predicted octanol–water partition coefficient (Wildman–Crippen LogP) is 7.44. The zero-order valence-electron chi connectivity index (χ0n) is 17.0. The molecule has 0 aliphatic carbocycles. The van der Waals surface area contributed by atoms with E-state index in [2.05, 4.69) is 60.9 Å². The summed E-state index contributed by atoms with van der Waals surface area (Å²) in [4.78, 5) is 9.11. The summed E-state index contributed by atoms with van der Waals surface area (Å²) in [5.74, 6) is 1.01. The smallest absolute Gasteiger partial charge is 0.227 e. The van der Waals surface area contributed by atoms with Crippen molar-refractivity contribution < 1.29 is 14.3 Å². The summed E-state index contributed by atoms with van der Waals surface area (Å²) in [6.07, 6.45) is 2.56. The van der Waals surface area contributed by atoms with Gasteiger partial charge in [0.15, 0.2) is 17.1 Å². The second-order valence-electron chi connectivity index (χ2n) is 6.85. The fourth-order valence-electron chi connectivity index (χ4n) is 3.14. The second-order valence-corrected chi connectivity index (χ2v) is 8.49. The van der Waals surface area contributed by atoms with E-state index in [-0.39, 0.29) is 5.75 Å². The van der Waals surface area contributed by atoms with Gasteiger partial charge in [-0.25, -0.2) is 4.98 Å². The lowest BCUT2D eigenvalue weighted by Crippen LogP contribution is -1.95. The number of nitrogens with zero attached hydrogens (tertiary/aromatic N) is 2. The molecule has 0 saturated carbocycles. The lowest BCUT2D eigenvalue weighted by molar-refractivity contribution is 0.317. The predicted molar refractivity (Wildman–Crippen MR) is 131 cm³/mol. The van der Waals surface area contributed by atoms with Crippen LogP contribution in [-0.4, -0.2) is 22.9 Å². The number of ether oxygens (including phenoxy) is 1. The van der Waals surface area contributed by atoms with E-state index in [1.54, 1.807) is 12.3 Å². The lowest BCUT2D eigenvalue weighted by atomic mass is 10.1. The average molecular weight is 544 g/mol. The van der Waals surface area contributed by atoms with Crippen LogP contribution in [-0.2, 0) is 6.42 Å². The minimum atomic E-state index is 0.0372. The molecule has 4 rings (SSSR count). The number of aliphatic imine (C=N–C) groups is 1. The van der Waals surface area contributed by atoms with Crippen LogP contribution in [0, 0.1) is 0 Å². The molecule has 1 N–H and O–H groups in total. The molecule has 0 unspecified atom stereocenters. The summed E-state index contributed by atoms with van der Waals surface area (Å²) in [6.45, 7) is 4.44. The Morgan fingerprint density at radius 2 is 1.87 bits per heavy atom. The van der Waals surface area contributed by atoms with Crippen molar-refractivity contribution in [1.29, 1.82) is 0 Å². The van der Waals surface area contributed by atoms with Crippen LogP contribution in [0.15, 0.2) is 66.9 Å². The van der Waals surface area contributed by atoms with Crippen LogP contribution in [0.5, 0.6) is 11.5 Å². The first-order valence-corrected chi connectivity index (χ1v) is 11.5. The summed E-state index contributed by atoms with van der Waals surface area (Å²) in [5, 5.41) is 10.5. The van der Waals surface area contributed by atoms with Crippen LogP contribution in [0.25, 0.3) is 22.6 Å². The molecule has 5 nitrogen and oxygen atoms in total. The van der Waals surface area contributed by atoms with Crippen molar-refractivity contribution in [1.82, 2.24) is 4.98 Å². The number of aromatic nitrogens is 1. The molecule has 1 aromatic heterocycles. The van der Waals surface area contributed by atoms with Crippen molar-refractivity contribution in [2.75, 3.05) is 6.61 Å². The van der Waals surface area contributed by atoms with E-state index in [0.717, 1.165) is 33.2 Å². The molecule has 7 heteroatoms. The Labute approximate surface area is 197 Å². The number of aromatic hydroxyl groups is 1. The Morgan fingerprint density at radius 3 is 2.58 bits per heavy atom. The maximum absolute atomic E-state index is 10.5. The highest BCUT2D eigenvalue weighted by atomic mass is 79.9. The number of fused-ring (bicyclic) bond motifs is 1. The van der Waals surface area contributed by atoms with E-state index in [9.17, 15) is 5.11 Å². The van der Waals surface area contributed by atoms with Crippen molar-refractivity contribution in [3.05, 3.63) is 68.6 Å². The van der Waals surface area contributed by atoms with Crippen molar-refractivity contribution in [2.45, 2.75) is 20.3 Å². The summed E-state index contributed by atoms with van der Waals surface area (Å²) < 4.78 is 12.9. The van der Waals surface area contributed by atoms with Crippen molar-refractivity contribution in [3.8, 4) is 23.0 Å². The Kier molecular flexibility index (Phi) is 6.43. The zero-order chi connectivity index (χ0) is 22.0. The molecule has 0 saturated heterocycles. The number of rotatable bonds is 6. The van der Waals surface area contributed by atoms with Gasteiger partial charge in [-0.3, -0.25) is 4.99 Å². The van der Waals surface area contributed by atoms with Gasteiger partial charge in [-0.15, -0.1) is 0 Å². The molecule has 0 radical (unpaired) electrons. The summed E-state index contributed by atoms with van der Waals surface area (Å²) in [5.41, 5.74) is 5.00. The van der Waals surface area contributed by atoms with Crippen molar-refractivity contribution in [3.63, 3.8) is 0 Å². The van der Waals surface area contributed by atoms with Gasteiger partial charge in [-0.05, 0) is 93.2 Å². The number of hydrogen-bond donors (Lipinski definition) is 1. The Balaban J connectivity index is 1.60. The molecule has 0 aliphatic rings. The quantitative estimate of drug-likeness (QED) is 0.257. The van der Waals surface area contributed by atoms with Gasteiger partial charge in [0.25, 0.3) is 0 Å². The van der Waals surface area contributed by atoms with Gasteiger partial charge in [0.2, 0.25) is 5.89 Å².